The summed E-state index contributed by atoms with van der Waals surface area (Å²) in [5.41, 5.74) is 0. The van der Waals surface area contributed by atoms with Crippen LogP contribution in [-0.4, -0.2) is 42.3 Å². The molecule has 1 N–H and O–H groups in total. The number of methoxy groups -OCH3 is 1. The third kappa shape index (κ3) is 2.65. The Morgan fingerprint density at radius 3 is 2.42 bits per heavy atom. The molecule has 1 amide bonds. The number of nitrogens with zero attached hydrogens (tertiary/aromatic N) is 1. The second-order valence-corrected chi connectivity index (χ2v) is 6.60. The van der Waals surface area contributed by atoms with Crippen LogP contribution in [0.5, 0.6) is 0 Å². The average molecular weight is 268 g/mol. The average Bonchev–Trinajstić information content (AvgIpc) is 2.91. The van der Waals surface area contributed by atoms with Gasteiger partial charge in [0, 0.05) is 7.11 Å². The maximum Gasteiger partial charge on any atom is 0.241 e. The monoisotopic (exact) mass is 268 g/mol. The summed E-state index contributed by atoms with van der Waals surface area (Å²) in [6, 6.07) is 0.214. The number of hydrogen-bond acceptors (Lipinski definition) is 3. The smallest absolute Gasteiger partial charge is 0.241 e. The highest BCUT2D eigenvalue weighted by atomic mass is 16.5. The molecule has 110 valence electrons. The molecule has 1 aliphatic carbocycles. The van der Waals surface area contributed by atoms with Crippen LogP contribution in [0.25, 0.3) is 0 Å². The van der Waals surface area contributed by atoms with Crippen LogP contribution in [0.4, 0.5) is 0 Å². The van der Waals surface area contributed by atoms with Gasteiger partial charge < -0.3 is 9.64 Å². The Kier molecular flexibility index (Phi) is 4.51. The fourth-order valence-electron chi connectivity index (χ4n) is 3.49. The molecule has 0 spiro atoms. The van der Waals surface area contributed by atoms with Crippen LogP contribution in [0.2, 0.25) is 0 Å². The van der Waals surface area contributed by atoms with Crippen molar-refractivity contribution >= 4 is 5.91 Å². The lowest BCUT2D eigenvalue weighted by Gasteiger charge is -2.35. The maximum absolute atomic E-state index is 12.7. The van der Waals surface area contributed by atoms with Crippen molar-refractivity contribution in [3.8, 4) is 0 Å². The van der Waals surface area contributed by atoms with E-state index in [-0.39, 0.29) is 30.3 Å². The fraction of sp³-hybridized carbons (Fsp3) is 0.933. The van der Waals surface area contributed by atoms with Crippen molar-refractivity contribution in [1.29, 1.82) is 0 Å². The van der Waals surface area contributed by atoms with Crippen LogP contribution in [-0.2, 0) is 9.53 Å². The zero-order chi connectivity index (χ0) is 14.2. The number of nitrogens with one attached hydrogen (secondary N) is 1. The molecule has 2 fully saturated rings. The molecule has 19 heavy (non-hydrogen) atoms. The Bertz CT molecular complexity index is 330. The summed E-state index contributed by atoms with van der Waals surface area (Å²) in [5.74, 6) is 1.02. The normalized spacial score (nSPS) is 35.9. The lowest BCUT2D eigenvalue weighted by Crippen LogP contribution is -2.50. The van der Waals surface area contributed by atoms with Gasteiger partial charge in [-0.05, 0) is 31.1 Å². The molecular weight excluding hydrogens is 240 g/mol. The van der Waals surface area contributed by atoms with Crippen LogP contribution in [0.3, 0.4) is 0 Å². The van der Waals surface area contributed by atoms with E-state index in [0.29, 0.717) is 11.8 Å². The molecule has 0 aromatic heterocycles. The summed E-state index contributed by atoms with van der Waals surface area (Å²) < 4.78 is 5.59. The van der Waals surface area contributed by atoms with Gasteiger partial charge >= 0.3 is 0 Å². The molecule has 0 radical (unpaired) electrons. The lowest BCUT2D eigenvalue weighted by atomic mass is 10.0. The molecule has 4 heteroatoms. The molecule has 2 aliphatic rings. The number of rotatable bonds is 4. The van der Waals surface area contributed by atoms with Crippen molar-refractivity contribution in [2.24, 2.45) is 11.8 Å². The molecule has 4 nitrogen and oxygen atoms in total. The topological polar surface area (TPSA) is 41.6 Å². The molecule has 1 heterocycles. The molecule has 0 aromatic rings. The Hall–Kier alpha value is -0.610. The van der Waals surface area contributed by atoms with Crippen molar-refractivity contribution in [2.75, 3.05) is 7.11 Å². The first-order valence-electron chi connectivity index (χ1n) is 7.58. The minimum atomic E-state index is -0.0366. The van der Waals surface area contributed by atoms with Crippen LogP contribution < -0.4 is 5.32 Å². The van der Waals surface area contributed by atoms with E-state index in [1.807, 2.05) is 0 Å². The Labute approximate surface area is 116 Å². The molecule has 0 aromatic carbocycles. The first kappa shape index (κ1) is 14.8. The largest absolute Gasteiger partial charge is 0.379 e. The van der Waals surface area contributed by atoms with Crippen molar-refractivity contribution in [2.45, 2.75) is 71.3 Å². The van der Waals surface area contributed by atoms with Gasteiger partial charge in [0.05, 0.1) is 24.4 Å². The number of carbonyl (C=O) groups is 1. The van der Waals surface area contributed by atoms with Crippen molar-refractivity contribution < 1.29 is 9.53 Å². The third-order valence-corrected chi connectivity index (χ3v) is 4.55. The molecule has 0 bridgehead atoms. The molecule has 4 unspecified atom stereocenters. The second kappa shape index (κ2) is 5.80. The van der Waals surface area contributed by atoms with Crippen LogP contribution in [0.15, 0.2) is 0 Å². The quantitative estimate of drug-likeness (QED) is 0.848. The summed E-state index contributed by atoms with van der Waals surface area (Å²) in [7, 11) is 1.77. The lowest BCUT2D eigenvalue weighted by molar-refractivity contribution is -0.136. The van der Waals surface area contributed by atoms with E-state index in [2.05, 4.69) is 37.9 Å². The summed E-state index contributed by atoms with van der Waals surface area (Å²) in [5, 5.41) is 3.53. The van der Waals surface area contributed by atoms with Crippen LogP contribution in [0, 0.1) is 11.8 Å². The number of carbonyl (C=O) groups excluding carboxylic acids is 1. The molecule has 1 saturated carbocycles. The van der Waals surface area contributed by atoms with Gasteiger partial charge in [-0.15, -0.1) is 0 Å². The predicted octanol–water partition coefficient (Wildman–Crippen LogP) is 1.99. The first-order valence-corrected chi connectivity index (χ1v) is 7.58. The van der Waals surface area contributed by atoms with Gasteiger partial charge in [0.25, 0.3) is 0 Å². The van der Waals surface area contributed by atoms with E-state index in [1.165, 1.54) is 0 Å². The summed E-state index contributed by atoms with van der Waals surface area (Å²) >= 11 is 0. The molecule has 2 rings (SSSR count). The number of hydrogen-bond donors (Lipinski definition) is 1. The SMILES string of the molecule is COC1CCCC1N1C(=O)C(C(C)C)NC1C(C)C. The van der Waals surface area contributed by atoms with Gasteiger partial charge in [-0.2, -0.15) is 0 Å². The second-order valence-electron chi connectivity index (χ2n) is 6.60. The minimum absolute atomic E-state index is 0.0366. The van der Waals surface area contributed by atoms with E-state index in [0.717, 1.165) is 19.3 Å². The predicted molar refractivity (Wildman–Crippen MR) is 75.7 cm³/mol. The third-order valence-electron chi connectivity index (χ3n) is 4.55. The summed E-state index contributed by atoms with van der Waals surface area (Å²) in [6.07, 6.45) is 3.66. The molecular formula is C15H28N2O2. The van der Waals surface area contributed by atoms with Gasteiger partial charge in [0.1, 0.15) is 0 Å². The molecule has 1 aliphatic heterocycles. The number of amides is 1. The Morgan fingerprint density at radius 2 is 1.89 bits per heavy atom. The number of ether oxygens (including phenoxy) is 1. The zero-order valence-electron chi connectivity index (χ0n) is 12.8. The summed E-state index contributed by atoms with van der Waals surface area (Å²) in [4.78, 5) is 14.8. The highest BCUT2D eigenvalue weighted by Gasteiger charge is 2.47. The maximum atomic E-state index is 12.7. The van der Waals surface area contributed by atoms with Gasteiger partial charge in [-0.3, -0.25) is 10.1 Å². The van der Waals surface area contributed by atoms with Gasteiger partial charge in [0.15, 0.2) is 0 Å². The zero-order valence-corrected chi connectivity index (χ0v) is 12.8. The Morgan fingerprint density at radius 1 is 1.21 bits per heavy atom. The highest BCUT2D eigenvalue weighted by Crippen LogP contribution is 2.33. The van der Waals surface area contributed by atoms with Crippen molar-refractivity contribution in [3.05, 3.63) is 0 Å². The van der Waals surface area contributed by atoms with E-state index in [1.54, 1.807) is 7.11 Å². The standard InChI is InChI=1S/C15H28N2O2/c1-9(2)13-15(18)17(14(16-13)10(3)4)11-7-6-8-12(11)19-5/h9-14,16H,6-8H2,1-5H3. The first-order chi connectivity index (χ1) is 8.97. The molecule has 1 saturated heterocycles. The van der Waals surface area contributed by atoms with E-state index in [4.69, 9.17) is 4.74 Å². The van der Waals surface area contributed by atoms with E-state index < -0.39 is 0 Å². The fourth-order valence-corrected chi connectivity index (χ4v) is 3.49. The molecule has 4 atom stereocenters. The minimum Gasteiger partial charge on any atom is -0.379 e. The van der Waals surface area contributed by atoms with Crippen LogP contribution in [0.1, 0.15) is 47.0 Å². The van der Waals surface area contributed by atoms with Crippen molar-refractivity contribution in [1.82, 2.24) is 10.2 Å². The van der Waals surface area contributed by atoms with Gasteiger partial charge in [0.2, 0.25) is 5.91 Å². The summed E-state index contributed by atoms with van der Waals surface area (Å²) in [6.45, 7) is 8.58. The van der Waals surface area contributed by atoms with E-state index >= 15 is 0 Å². The van der Waals surface area contributed by atoms with E-state index in [9.17, 15) is 4.79 Å². The highest BCUT2D eigenvalue weighted by molar-refractivity contribution is 5.85. The van der Waals surface area contributed by atoms with Gasteiger partial charge in [-0.25, -0.2) is 0 Å². The van der Waals surface area contributed by atoms with Crippen LogP contribution >= 0.6 is 0 Å². The Balaban J connectivity index is 2.22. The van der Waals surface area contributed by atoms with Crippen molar-refractivity contribution in [3.63, 3.8) is 0 Å². The van der Waals surface area contributed by atoms with Gasteiger partial charge in [-0.1, -0.05) is 27.7 Å².